The molecule has 0 bridgehead atoms. The topological polar surface area (TPSA) is 96.5 Å². The zero-order valence-corrected chi connectivity index (χ0v) is 25.3. The second kappa shape index (κ2) is 12.2. The van der Waals surface area contributed by atoms with Crippen LogP contribution in [-0.2, 0) is 38.1 Å². The summed E-state index contributed by atoms with van der Waals surface area (Å²) in [7, 11) is -3.82. The SMILES string of the molecule is CS(=O)(=O)[N+]1(NC(=O)C(COCc2ccccc2)NCc2cccc3ccccc23)CC2(CCNCC2)c2ccccc21. The third-order valence-corrected chi connectivity index (χ3v) is 10.5. The van der Waals surface area contributed by atoms with Crippen LogP contribution in [0, 0.1) is 0 Å². The Hall–Kier alpha value is -3.60. The van der Waals surface area contributed by atoms with Gasteiger partial charge in [0.25, 0.3) is 5.91 Å². The number of hydrogen-bond acceptors (Lipinski definition) is 6. The third-order valence-electron chi connectivity index (χ3n) is 8.94. The van der Waals surface area contributed by atoms with Gasteiger partial charge in [-0.25, -0.2) is 0 Å². The molecule has 0 saturated carbocycles. The Kier molecular flexibility index (Phi) is 8.35. The molecular weight excluding hydrogens is 560 g/mol. The molecule has 1 saturated heterocycles. The fraction of sp³-hybridized carbons (Fsp3) is 0.324. The van der Waals surface area contributed by atoms with Crippen molar-refractivity contribution in [3.05, 3.63) is 114 Å². The Morgan fingerprint density at radius 1 is 0.930 bits per heavy atom. The van der Waals surface area contributed by atoms with Crippen molar-refractivity contribution in [2.75, 3.05) is 32.5 Å². The van der Waals surface area contributed by atoms with E-state index in [0.29, 0.717) is 18.8 Å². The van der Waals surface area contributed by atoms with Gasteiger partial charge in [-0.2, -0.15) is 13.8 Å². The number of para-hydroxylation sites is 1. The van der Waals surface area contributed by atoms with Crippen LogP contribution in [-0.4, -0.2) is 52.9 Å². The highest BCUT2D eigenvalue weighted by Gasteiger charge is 2.60. The van der Waals surface area contributed by atoms with Crippen molar-refractivity contribution in [1.29, 1.82) is 0 Å². The molecule has 4 aromatic rings. The van der Waals surface area contributed by atoms with Gasteiger partial charge in [-0.3, -0.25) is 10.1 Å². The monoisotopic (exact) mass is 599 g/mol. The first-order valence-electron chi connectivity index (χ1n) is 14.8. The Bertz CT molecular complexity index is 1700. The molecule has 2 aliphatic rings. The number of rotatable bonds is 10. The Morgan fingerprint density at radius 2 is 1.63 bits per heavy atom. The van der Waals surface area contributed by atoms with Gasteiger partial charge in [-0.05, 0) is 47.8 Å². The summed E-state index contributed by atoms with van der Waals surface area (Å²) in [4.78, 5) is 14.2. The quantitative estimate of drug-likeness (QED) is 0.237. The molecule has 3 N–H and O–H groups in total. The lowest BCUT2D eigenvalue weighted by atomic mass is 9.75. The van der Waals surface area contributed by atoms with Crippen LogP contribution in [0.5, 0.6) is 0 Å². The summed E-state index contributed by atoms with van der Waals surface area (Å²) < 4.78 is 32.9. The van der Waals surface area contributed by atoms with Crippen LogP contribution in [0.4, 0.5) is 5.69 Å². The maximum atomic E-state index is 14.2. The molecular formula is C34H39N4O4S+. The largest absolute Gasteiger partial charge is 0.375 e. The highest BCUT2D eigenvalue weighted by Crippen LogP contribution is 2.50. The number of benzene rings is 4. The molecule has 0 aromatic heterocycles. The third kappa shape index (κ3) is 5.83. The van der Waals surface area contributed by atoms with Gasteiger partial charge in [-0.1, -0.05) is 95.0 Å². The number of carbonyl (C=O) groups excluding carboxylic acids is 1. The number of fused-ring (bicyclic) bond motifs is 3. The molecule has 2 atom stereocenters. The lowest BCUT2D eigenvalue weighted by molar-refractivity contribution is -0.127. The predicted molar refractivity (Wildman–Crippen MR) is 171 cm³/mol. The van der Waals surface area contributed by atoms with Crippen LogP contribution in [0.3, 0.4) is 0 Å². The molecule has 4 aromatic carbocycles. The van der Waals surface area contributed by atoms with E-state index in [2.05, 4.69) is 34.3 Å². The summed E-state index contributed by atoms with van der Waals surface area (Å²) >= 11 is 0. The van der Waals surface area contributed by atoms with Gasteiger partial charge in [0.15, 0.2) is 5.69 Å². The molecule has 8 nitrogen and oxygen atoms in total. The van der Waals surface area contributed by atoms with Crippen molar-refractivity contribution in [3.8, 4) is 0 Å². The molecule has 0 aliphatic carbocycles. The van der Waals surface area contributed by atoms with Gasteiger partial charge in [0, 0.05) is 18.2 Å². The summed E-state index contributed by atoms with van der Waals surface area (Å²) in [5.41, 5.74) is 6.36. The van der Waals surface area contributed by atoms with E-state index in [-0.39, 0.29) is 18.6 Å². The van der Waals surface area contributed by atoms with E-state index in [1.54, 1.807) is 0 Å². The lowest BCUT2D eigenvalue weighted by Crippen LogP contribution is -2.68. The van der Waals surface area contributed by atoms with Gasteiger partial charge in [0.2, 0.25) is 0 Å². The van der Waals surface area contributed by atoms with Crippen LogP contribution in [0.15, 0.2) is 97.1 Å². The minimum Gasteiger partial charge on any atom is -0.375 e. The standard InChI is InChI=1S/C34H38N4O4S/c1-43(40,41)38(25-34(18-20-35-21-19-34)30-16-7-8-17-32(30)38)37-33(39)31(24-42-23-26-10-3-2-4-11-26)36-22-28-14-9-13-27-12-5-6-15-29(27)28/h2-17,31,35-36H,18-25H2,1H3/p+1. The van der Waals surface area contributed by atoms with Crippen molar-refractivity contribution < 1.29 is 17.9 Å². The summed E-state index contributed by atoms with van der Waals surface area (Å²) in [6.07, 6.45) is 2.82. The number of sulfonamides is 1. The average molecular weight is 600 g/mol. The molecule has 224 valence electrons. The minimum atomic E-state index is -3.82. The van der Waals surface area contributed by atoms with Crippen molar-refractivity contribution in [3.63, 3.8) is 0 Å². The number of nitrogens with one attached hydrogen (secondary N) is 3. The van der Waals surface area contributed by atoms with Gasteiger partial charge in [0.1, 0.15) is 12.6 Å². The molecule has 2 unspecified atom stereocenters. The number of quaternary nitrogens is 1. The summed E-state index contributed by atoms with van der Waals surface area (Å²) in [6.45, 7) is 2.69. The smallest absolute Gasteiger partial charge is 0.321 e. The molecule has 0 radical (unpaired) electrons. The maximum absolute atomic E-state index is 14.2. The molecule has 9 heteroatoms. The number of nitrogens with zero attached hydrogens (tertiary/aromatic N) is 1. The number of piperidine rings is 1. The Balaban J connectivity index is 1.30. The molecule has 1 amide bonds. The van der Waals surface area contributed by atoms with E-state index in [9.17, 15) is 13.2 Å². The van der Waals surface area contributed by atoms with E-state index in [4.69, 9.17) is 4.74 Å². The van der Waals surface area contributed by atoms with Crippen LogP contribution in [0.1, 0.15) is 29.5 Å². The van der Waals surface area contributed by atoms with Gasteiger partial charge in [-0.15, -0.1) is 0 Å². The maximum Gasteiger partial charge on any atom is 0.321 e. The summed E-state index contributed by atoms with van der Waals surface area (Å²) in [5.74, 6) is -0.417. The van der Waals surface area contributed by atoms with Gasteiger partial charge in [0.05, 0.1) is 24.9 Å². The van der Waals surface area contributed by atoms with E-state index >= 15 is 0 Å². The highest BCUT2D eigenvalue weighted by molar-refractivity contribution is 7.90. The van der Waals surface area contributed by atoms with E-state index < -0.39 is 26.0 Å². The van der Waals surface area contributed by atoms with Crippen LogP contribution < -0.4 is 20.1 Å². The van der Waals surface area contributed by atoms with E-state index in [0.717, 1.165) is 53.4 Å². The highest BCUT2D eigenvalue weighted by atomic mass is 32.2. The van der Waals surface area contributed by atoms with Gasteiger partial charge >= 0.3 is 10.0 Å². The summed E-state index contributed by atoms with van der Waals surface area (Å²) in [5, 5.41) is 9.02. The summed E-state index contributed by atoms with van der Waals surface area (Å²) in [6, 6.07) is 30.9. The van der Waals surface area contributed by atoms with E-state index in [1.807, 2.05) is 78.9 Å². The van der Waals surface area contributed by atoms with Crippen LogP contribution in [0.2, 0.25) is 0 Å². The van der Waals surface area contributed by atoms with E-state index in [1.165, 1.54) is 6.26 Å². The Morgan fingerprint density at radius 3 is 2.42 bits per heavy atom. The first kappa shape index (κ1) is 29.5. The predicted octanol–water partition coefficient (Wildman–Crippen LogP) is 4.15. The molecule has 43 heavy (non-hydrogen) atoms. The molecule has 1 fully saturated rings. The fourth-order valence-corrected chi connectivity index (χ4v) is 7.93. The molecule has 2 aliphatic heterocycles. The normalized spacial score (nSPS) is 20.1. The zero-order chi connectivity index (χ0) is 29.9. The number of hydrogen-bond donors (Lipinski definition) is 3. The van der Waals surface area contributed by atoms with Crippen molar-refractivity contribution in [1.82, 2.24) is 20.1 Å². The van der Waals surface area contributed by atoms with Crippen molar-refractivity contribution in [2.24, 2.45) is 0 Å². The Labute approximate surface area is 253 Å². The van der Waals surface area contributed by atoms with Crippen LogP contribution in [0.25, 0.3) is 10.8 Å². The molecule has 1 spiro atoms. The van der Waals surface area contributed by atoms with Crippen molar-refractivity contribution >= 4 is 32.4 Å². The number of amides is 1. The second-order valence-corrected chi connectivity index (χ2v) is 13.8. The van der Waals surface area contributed by atoms with Crippen molar-refractivity contribution in [2.45, 2.75) is 37.5 Å². The second-order valence-electron chi connectivity index (χ2n) is 11.7. The average Bonchev–Trinajstić information content (AvgIpc) is 3.29. The lowest BCUT2D eigenvalue weighted by Gasteiger charge is -2.36. The first-order valence-corrected chi connectivity index (χ1v) is 16.7. The minimum absolute atomic E-state index is 0.0754. The number of ether oxygens (including phenoxy) is 1. The first-order chi connectivity index (χ1) is 20.8. The molecule has 2 heterocycles. The van der Waals surface area contributed by atoms with Gasteiger partial charge < -0.3 is 10.1 Å². The fourth-order valence-electron chi connectivity index (χ4n) is 6.68. The zero-order valence-electron chi connectivity index (χ0n) is 24.5. The molecule has 6 rings (SSSR count). The van der Waals surface area contributed by atoms with Crippen LogP contribution >= 0.6 is 0 Å². The number of carbonyl (C=O) groups is 1.